The summed E-state index contributed by atoms with van der Waals surface area (Å²) in [5, 5.41) is 3.18. The second kappa shape index (κ2) is 5.28. The van der Waals surface area contributed by atoms with Crippen LogP contribution in [0, 0.1) is 0 Å². The smallest absolute Gasteiger partial charge is 0.122 e. The molecule has 0 aliphatic carbocycles. The van der Waals surface area contributed by atoms with Gasteiger partial charge in [0.2, 0.25) is 0 Å². The van der Waals surface area contributed by atoms with E-state index < -0.39 is 0 Å². The van der Waals surface area contributed by atoms with Crippen molar-refractivity contribution in [3.63, 3.8) is 0 Å². The lowest BCUT2D eigenvalue weighted by atomic mass is 10.2. The molecule has 0 amide bonds. The van der Waals surface area contributed by atoms with Gasteiger partial charge in [0.1, 0.15) is 5.82 Å². The van der Waals surface area contributed by atoms with Crippen LogP contribution in [0.2, 0.25) is 0 Å². The Hall–Kier alpha value is -0.870. The van der Waals surface area contributed by atoms with Gasteiger partial charge in [-0.25, -0.2) is 4.98 Å². The number of hydrogen-bond donors (Lipinski definition) is 1. The van der Waals surface area contributed by atoms with Gasteiger partial charge in [0, 0.05) is 25.5 Å². The van der Waals surface area contributed by atoms with E-state index in [2.05, 4.69) is 26.0 Å². The summed E-state index contributed by atoms with van der Waals surface area (Å²) in [6.45, 7) is 5.62. The van der Waals surface area contributed by atoms with Crippen molar-refractivity contribution in [2.45, 2.75) is 25.9 Å². The lowest BCUT2D eigenvalue weighted by Crippen LogP contribution is -2.34. The molecule has 0 fully saturated rings. The van der Waals surface area contributed by atoms with Crippen molar-refractivity contribution in [3.8, 4) is 0 Å². The van der Waals surface area contributed by atoms with Gasteiger partial charge in [-0.15, -0.1) is 0 Å². The molecule has 4 nitrogen and oxygen atoms in total. The van der Waals surface area contributed by atoms with Crippen LogP contribution in [-0.4, -0.2) is 41.1 Å². The van der Waals surface area contributed by atoms with E-state index in [-0.39, 0.29) is 0 Å². The highest BCUT2D eigenvalue weighted by atomic mass is 15.2. The number of nitrogens with zero attached hydrogens (tertiary/aromatic N) is 3. The van der Waals surface area contributed by atoms with Crippen molar-refractivity contribution in [2.75, 3.05) is 26.7 Å². The van der Waals surface area contributed by atoms with Gasteiger partial charge >= 0.3 is 0 Å². The lowest BCUT2D eigenvalue weighted by molar-refractivity contribution is 0.213. The van der Waals surface area contributed by atoms with Crippen molar-refractivity contribution in [1.29, 1.82) is 0 Å². The predicted octanol–water partition coefficient (Wildman–Crippen LogP) is 0.698. The zero-order valence-electron chi connectivity index (χ0n) is 9.45. The third-order valence-electron chi connectivity index (χ3n) is 2.97. The molecule has 4 heteroatoms. The first kappa shape index (κ1) is 10.6. The molecule has 2 rings (SSSR count). The van der Waals surface area contributed by atoms with E-state index in [9.17, 15) is 0 Å². The molecule has 0 aromatic carbocycles. The number of aromatic nitrogens is 2. The fraction of sp³-hybridized carbons (Fsp3) is 0.727. The summed E-state index contributed by atoms with van der Waals surface area (Å²) in [6.07, 6.45) is 6.52. The minimum Gasteiger partial charge on any atom is -0.333 e. The van der Waals surface area contributed by atoms with Crippen LogP contribution in [0.5, 0.6) is 0 Å². The minimum absolute atomic E-state index is 1.02. The first-order valence-corrected chi connectivity index (χ1v) is 5.77. The number of imidazole rings is 1. The second-order valence-electron chi connectivity index (χ2n) is 4.12. The van der Waals surface area contributed by atoms with Crippen LogP contribution < -0.4 is 5.32 Å². The van der Waals surface area contributed by atoms with E-state index in [0.29, 0.717) is 0 Å². The largest absolute Gasteiger partial charge is 0.333 e. The first-order valence-electron chi connectivity index (χ1n) is 5.77. The lowest BCUT2D eigenvalue weighted by Gasteiger charge is -2.27. The first-order chi connectivity index (χ1) is 7.40. The van der Waals surface area contributed by atoms with Gasteiger partial charge in [-0.1, -0.05) is 0 Å². The summed E-state index contributed by atoms with van der Waals surface area (Å²) in [5.74, 6) is 1.22. The second-order valence-corrected chi connectivity index (χ2v) is 4.12. The maximum atomic E-state index is 4.36. The Morgan fingerprint density at radius 3 is 3.20 bits per heavy atom. The van der Waals surface area contributed by atoms with Gasteiger partial charge in [0.25, 0.3) is 0 Å². The Morgan fingerprint density at radius 2 is 2.33 bits per heavy atom. The average molecular weight is 208 g/mol. The van der Waals surface area contributed by atoms with Gasteiger partial charge in [0.15, 0.2) is 0 Å². The molecule has 0 bridgehead atoms. The Balaban J connectivity index is 1.73. The van der Waals surface area contributed by atoms with Crippen LogP contribution in [0.25, 0.3) is 0 Å². The van der Waals surface area contributed by atoms with Crippen molar-refractivity contribution in [3.05, 3.63) is 18.2 Å². The number of rotatable bonds is 5. The molecule has 1 aromatic heterocycles. The molecule has 0 saturated heterocycles. The summed E-state index contributed by atoms with van der Waals surface area (Å²) >= 11 is 0. The summed E-state index contributed by atoms with van der Waals surface area (Å²) < 4.78 is 2.25. The van der Waals surface area contributed by atoms with E-state index in [1.807, 2.05) is 13.2 Å². The van der Waals surface area contributed by atoms with E-state index in [0.717, 1.165) is 19.6 Å². The number of fused-ring (bicyclic) bond motifs is 1. The van der Waals surface area contributed by atoms with Crippen molar-refractivity contribution in [1.82, 2.24) is 19.8 Å². The SMILES string of the molecule is CNCCCCN1CCn2ccnc2C1. The summed E-state index contributed by atoms with van der Waals surface area (Å²) in [4.78, 5) is 6.86. The number of hydrogen-bond acceptors (Lipinski definition) is 3. The molecule has 1 N–H and O–H groups in total. The highest BCUT2D eigenvalue weighted by Gasteiger charge is 2.15. The molecule has 1 aliphatic rings. The van der Waals surface area contributed by atoms with Gasteiger partial charge in [0.05, 0.1) is 6.54 Å². The fourth-order valence-corrected chi connectivity index (χ4v) is 2.05. The number of nitrogens with one attached hydrogen (secondary N) is 1. The summed E-state index contributed by atoms with van der Waals surface area (Å²) in [6, 6.07) is 0. The predicted molar refractivity (Wildman–Crippen MR) is 60.7 cm³/mol. The maximum Gasteiger partial charge on any atom is 0.122 e. The van der Waals surface area contributed by atoms with Crippen LogP contribution in [0.15, 0.2) is 12.4 Å². The normalized spacial score (nSPS) is 16.6. The molecule has 1 aliphatic heterocycles. The van der Waals surface area contributed by atoms with Crippen LogP contribution >= 0.6 is 0 Å². The summed E-state index contributed by atoms with van der Waals surface area (Å²) in [5.41, 5.74) is 0. The van der Waals surface area contributed by atoms with E-state index in [4.69, 9.17) is 0 Å². The molecule has 0 atom stereocenters. The van der Waals surface area contributed by atoms with Gasteiger partial charge < -0.3 is 9.88 Å². The van der Waals surface area contributed by atoms with Gasteiger partial charge in [-0.3, -0.25) is 4.90 Å². The van der Waals surface area contributed by atoms with Crippen LogP contribution in [0.3, 0.4) is 0 Å². The molecule has 0 saturated carbocycles. The molecule has 2 heterocycles. The third-order valence-corrected chi connectivity index (χ3v) is 2.97. The number of unbranched alkanes of at least 4 members (excludes halogenated alkanes) is 1. The zero-order chi connectivity index (χ0) is 10.5. The highest BCUT2D eigenvalue weighted by Crippen LogP contribution is 2.10. The van der Waals surface area contributed by atoms with Gasteiger partial charge in [-0.05, 0) is 33.0 Å². The molecular formula is C11H20N4. The van der Waals surface area contributed by atoms with Gasteiger partial charge in [-0.2, -0.15) is 0 Å². The average Bonchev–Trinajstić information content (AvgIpc) is 2.71. The maximum absolute atomic E-state index is 4.36. The fourth-order valence-electron chi connectivity index (χ4n) is 2.05. The quantitative estimate of drug-likeness (QED) is 0.723. The minimum atomic E-state index is 1.02. The Kier molecular flexibility index (Phi) is 3.75. The van der Waals surface area contributed by atoms with E-state index in [1.165, 1.54) is 31.8 Å². The molecule has 0 unspecified atom stereocenters. The standard InChI is InChI=1S/C11H20N4/c1-12-4-2-3-6-14-8-9-15-7-5-13-11(15)10-14/h5,7,12H,2-4,6,8-10H2,1H3. The van der Waals surface area contributed by atoms with E-state index >= 15 is 0 Å². The van der Waals surface area contributed by atoms with Crippen molar-refractivity contribution < 1.29 is 0 Å². The van der Waals surface area contributed by atoms with Crippen molar-refractivity contribution in [2.24, 2.45) is 0 Å². The van der Waals surface area contributed by atoms with Crippen molar-refractivity contribution >= 4 is 0 Å². The Bertz CT molecular complexity index is 295. The Morgan fingerprint density at radius 1 is 1.40 bits per heavy atom. The third kappa shape index (κ3) is 2.79. The molecule has 15 heavy (non-hydrogen) atoms. The monoisotopic (exact) mass is 208 g/mol. The topological polar surface area (TPSA) is 33.1 Å². The highest BCUT2D eigenvalue weighted by molar-refractivity contribution is 4.95. The summed E-state index contributed by atoms with van der Waals surface area (Å²) in [7, 11) is 2.01. The Labute approximate surface area is 91.3 Å². The molecular weight excluding hydrogens is 188 g/mol. The molecule has 0 spiro atoms. The molecule has 84 valence electrons. The van der Waals surface area contributed by atoms with Crippen LogP contribution in [0.1, 0.15) is 18.7 Å². The van der Waals surface area contributed by atoms with E-state index in [1.54, 1.807) is 0 Å². The van der Waals surface area contributed by atoms with Crippen LogP contribution in [-0.2, 0) is 13.1 Å². The molecule has 0 radical (unpaired) electrons. The molecule has 1 aromatic rings. The zero-order valence-corrected chi connectivity index (χ0v) is 9.45. The van der Waals surface area contributed by atoms with Crippen LogP contribution in [0.4, 0.5) is 0 Å².